The van der Waals surface area contributed by atoms with E-state index < -0.39 is 6.04 Å². The molecule has 2 aliphatic heterocycles. The molecule has 0 aliphatic carbocycles. The Kier molecular flexibility index (Phi) is 5.47. The van der Waals surface area contributed by atoms with Crippen LogP contribution in [0.2, 0.25) is 0 Å². The monoisotopic (exact) mass is 333 g/mol. The van der Waals surface area contributed by atoms with Crippen molar-refractivity contribution in [1.82, 2.24) is 14.7 Å². The molecular formula is C18H27N3O3. The highest BCUT2D eigenvalue weighted by Crippen LogP contribution is 2.36. The zero-order valence-electron chi connectivity index (χ0n) is 14.7. The predicted molar refractivity (Wildman–Crippen MR) is 92.3 cm³/mol. The molecule has 2 saturated heterocycles. The number of carbonyl (C=O) groups is 3. The second kappa shape index (κ2) is 7.20. The van der Waals surface area contributed by atoms with Crippen LogP contribution in [0.3, 0.4) is 0 Å². The maximum absolute atomic E-state index is 13.0. The first kappa shape index (κ1) is 18.2. The van der Waals surface area contributed by atoms with Crippen LogP contribution in [0, 0.1) is 0 Å². The van der Waals surface area contributed by atoms with Gasteiger partial charge in [0.2, 0.25) is 5.91 Å². The van der Waals surface area contributed by atoms with Gasteiger partial charge in [-0.2, -0.15) is 0 Å². The molecule has 0 radical (unpaired) electrons. The van der Waals surface area contributed by atoms with Gasteiger partial charge in [-0.1, -0.05) is 12.2 Å². The quantitative estimate of drug-likeness (QED) is 0.553. The Morgan fingerprint density at radius 2 is 1.83 bits per heavy atom. The summed E-state index contributed by atoms with van der Waals surface area (Å²) in [6.07, 6.45) is 8.06. The van der Waals surface area contributed by atoms with E-state index >= 15 is 0 Å². The van der Waals surface area contributed by atoms with Crippen LogP contribution in [0.1, 0.15) is 38.5 Å². The Hall–Kier alpha value is -2.11. The maximum Gasteiger partial charge on any atom is 0.326 e. The summed E-state index contributed by atoms with van der Waals surface area (Å²) in [6.45, 7) is 8.35. The fourth-order valence-corrected chi connectivity index (χ4v) is 3.88. The molecule has 0 aromatic rings. The fraction of sp³-hybridized carbons (Fsp3) is 0.611. The maximum atomic E-state index is 13.0. The molecule has 132 valence electrons. The van der Waals surface area contributed by atoms with Gasteiger partial charge in [-0.05, 0) is 32.1 Å². The highest BCUT2D eigenvalue weighted by Gasteiger charge is 2.45. The molecule has 0 bridgehead atoms. The number of hydrogen-bond acceptors (Lipinski definition) is 3. The molecule has 0 aromatic heterocycles. The zero-order valence-corrected chi connectivity index (χ0v) is 14.7. The Labute approximate surface area is 143 Å². The minimum absolute atomic E-state index is 0.0292. The minimum atomic E-state index is -0.706. The van der Waals surface area contributed by atoms with E-state index in [1.807, 2.05) is 17.1 Å². The predicted octanol–water partition coefficient (Wildman–Crippen LogP) is 2.17. The van der Waals surface area contributed by atoms with Gasteiger partial charge in [0.05, 0.1) is 6.42 Å². The summed E-state index contributed by atoms with van der Waals surface area (Å²) in [5.41, 5.74) is -0.297. The lowest BCUT2D eigenvalue weighted by Crippen LogP contribution is -2.55. The van der Waals surface area contributed by atoms with Crippen LogP contribution in [0.4, 0.5) is 4.79 Å². The van der Waals surface area contributed by atoms with E-state index in [1.54, 1.807) is 7.05 Å². The molecule has 2 rings (SSSR count). The molecule has 6 heteroatoms. The van der Waals surface area contributed by atoms with Crippen LogP contribution < -0.4 is 0 Å². The summed E-state index contributed by atoms with van der Waals surface area (Å²) in [6, 6.07) is -1.07. The van der Waals surface area contributed by atoms with Crippen LogP contribution in [0.5, 0.6) is 0 Å². The highest BCUT2D eigenvalue weighted by atomic mass is 16.2. The van der Waals surface area contributed by atoms with Crippen molar-refractivity contribution >= 4 is 17.8 Å². The number of urea groups is 1. The van der Waals surface area contributed by atoms with E-state index in [-0.39, 0.29) is 29.8 Å². The Morgan fingerprint density at radius 3 is 2.33 bits per heavy atom. The average molecular weight is 333 g/mol. The van der Waals surface area contributed by atoms with Crippen LogP contribution in [-0.2, 0) is 9.59 Å². The number of likely N-dealkylation sites (tertiary alicyclic amines) is 1. The first-order valence-corrected chi connectivity index (χ1v) is 8.44. The summed E-state index contributed by atoms with van der Waals surface area (Å²) in [7, 11) is 3.02. The van der Waals surface area contributed by atoms with Gasteiger partial charge in [-0.25, -0.2) is 4.79 Å². The fourth-order valence-electron chi connectivity index (χ4n) is 3.88. The molecule has 4 amide bonds. The SMILES string of the molecule is C=CCC1(CC=C)CCCCN1C(=O)C[C@H]1C(=O)N(C)C(=O)N1C. The third kappa shape index (κ3) is 3.09. The summed E-state index contributed by atoms with van der Waals surface area (Å²) in [4.78, 5) is 41.4. The molecule has 2 fully saturated rings. The van der Waals surface area contributed by atoms with Gasteiger partial charge >= 0.3 is 6.03 Å². The van der Waals surface area contributed by atoms with Gasteiger partial charge in [-0.15, -0.1) is 13.2 Å². The smallest absolute Gasteiger partial charge is 0.326 e. The molecule has 1 atom stereocenters. The second-order valence-electron chi connectivity index (χ2n) is 6.72. The molecule has 0 N–H and O–H groups in total. The van der Waals surface area contributed by atoms with Crippen molar-refractivity contribution in [3.63, 3.8) is 0 Å². The molecule has 6 nitrogen and oxygen atoms in total. The van der Waals surface area contributed by atoms with Crippen LogP contribution in [0.25, 0.3) is 0 Å². The van der Waals surface area contributed by atoms with Crippen LogP contribution in [-0.4, -0.2) is 64.8 Å². The third-order valence-corrected chi connectivity index (χ3v) is 5.24. The van der Waals surface area contributed by atoms with Crippen molar-refractivity contribution in [3.8, 4) is 0 Å². The zero-order chi connectivity index (χ0) is 17.9. The summed E-state index contributed by atoms with van der Waals surface area (Å²) in [5, 5.41) is 0. The van der Waals surface area contributed by atoms with Gasteiger partial charge in [0, 0.05) is 26.2 Å². The third-order valence-electron chi connectivity index (χ3n) is 5.24. The molecule has 24 heavy (non-hydrogen) atoms. The molecule has 0 unspecified atom stereocenters. The molecule has 0 aromatic carbocycles. The normalized spacial score (nSPS) is 23.6. The molecular weight excluding hydrogens is 306 g/mol. The van der Waals surface area contributed by atoms with Gasteiger partial charge in [0.1, 0.15) is 6.04 Å². The first-order chi connectivity index (χ1) is 11.4. The number of rotatable bonds is 6. The van der Waals surface area contributed by atoms with E-state index in [9.17, 15) is 14.4 Å². The van der Waals surface area contributed by atoms with Gasteiger partial charge in [0.25, 0.3) is 5.91 Å². The van der Waals surface area contributed by atoms with Crippen molar-refractivity contribution in [3.05, 3.63) is 25.3 Å². The molecule has 2 heterocycles. The lowest BCUT2D eigenvalue weighted by atomic mass is 9.80. The van der Waals surface area contributed by atoms with E-state index in [2.05, 4.69) is 13.2 Å². The summed E-state index contributed by atoms with van der Waals surface area (Å²) < 4.78 is 0. The van der Waals surface area contributed by atoms with Crippen LogP contribution in [0.15, 0.2) is 25.3 Å². The van der Waals surface area contributed by atoms with Crippen molar-refractivity contribution < 1.29 is 14.4 Å². The number of nitrogens with zero attached hydrogens (tertiary/aromatic N) is 3. The molecule has 2 aliphatic rings. The van der Waals surface area contributed by atoms with E-state index in [0.717, 1.165) is 24.2 Å². The van der Waals surface area contributed by atoms with Crippen molar-refractivity contribution in [2.24, 2.45) is 0 Å². The van der Waals surface area contributed by atoms with Crippen molar-refractivity contribution in [2.75, 3.05) is 20.6 Å². The highest BCUT2D eigenvalue weighted by molar-refractivity contribution is 6.05. The Bertz CT molecular complexity index is 548. The van der Waals surface area contributed by atoms with Gasteiger partial charge in [0.15, 0.2) is 0 Å². The number of hydrogen-bond donors (Lipinski definition) is 0. The van der Waals surface area contributed by atoms with Gasteiger partial charge < -0.3 is 9.80 Å². The standard InChI is InChI=1S/C18H27N3O3/c1-5-9-18(10-6-2)11-7-8-12-21(18)15(22)13-14-16(23)20(4)17(24)19(14)3/h5-6,14H,1-2,7-13H2,3-4H3/t14-/m0/s1. The molecule has 0 saturated carbocycles. The topological polar surface area (TPSA) is 60.9 Å². The first-order valence-electron chi connectivity index (χ1n) is 8.44. The number of carbonyl (C=O) groups excluding carboxylic acids is 3. The lowest BCUT2D eigenvalue weighted by Gasteiger charge is -2.47. The Balaban J connectivity index is 2.20. The number of amides is 4. The largest absolute Gasteiger partial charge is 0.336 e. The van der Waals surface area contributed by atoms with Crippen molar-refractivity contribution in [2.45, 2.75) is 50.1 Å². The lowest BCUT2D eigenvalue weighted by molar-refractivity contribution is -0.143. The van der Waals surface area contributed by atoms with Crippen molar-refractivity contribution in [1.29, 1.82) is 0 Å². The van der Waals surface area contributed by atoms with E-state index in [4.69, 9.17) is 0 Å². The summed E-state index contributed by atoms with van der Waals surface area (Å²) in [5.74, 6) is -0.391. The average Bonchev–Trinajstić information content (AvgIpc) is 2.73. The summed E-state index contributed by atoms with van der Waals surface area (Å²) >= 11 is 0. The molecule has 0 spiro atoms. The van der Waals surface area contributed by atoms with Crippen LogP contribution >= 0.6 is 0 Å². The number of imide groups is 1. The van der Waals surface area contributed by atoms with Gasteiger partial charge in [-0.3, -0.25) is 14.5 Å². The second-order valence-corrected chi connectivity index (χ2v) is 6.72. The van der Waals surface area contributed by atoms with E-state index in [0.29, 0.717) is 19.4 Å². The van der Waals surface area contributed by atoms with E-state index in [1.165, 1.54) is 11.9 Å². The number of piperidine rings is 1. The Morgan fingerprint density at radius 1 is 1.21 bits per heavy atom. The number of likely N-dealkylation sites (N-methyl/N-ethyl adjacent to an activating group) is 2. The minimum Gasteiger partial charge on any atom is -0.336 e.